The van der Waals surface area contributed by atoms with E-state index < -0.39 is 6.10 Å². The van der Waals surface area contributed by atoms with Crippen LogP contribution in [0.5, 0.6) is 5.75 Å². The minimum absolute atomic E-state index is 0.523. The predicted molar refractivity (Wildman–Crippen MR) is 65.3 cm³/mol. The van der Waals surface area contributed by atoms with Crippen LogP contribution in [0.15, 0.2) is 30.6 Å². The first-order valence-electron chi connectivity index (χ1n) is 5.12. The molecule has 1 aromatic heterocycles. The summed E-state index contributed by atoms with van der Waals surface area (Å²) >= 11 is 5.93. The third-order valence-corrected chi connectivity index (χ3v) is 2.84. The molecule has 0 radical (unpaired) electrons. The van der Waals surface area contributed by atoms with E-state index in [0.29, 0.717) is 10.8 Å². The van der Waals surface area contributed by atoms with Crippen molar-refractivity contribution < 1.29 is 9.84 Å². The summed E-state index contributed by atoms with van der Waals surface area (Å²) in [5.74, 6) is 0.548. The van der Waals surface area contributed by atoms with E-state index in [1.807, 2.05) is 0 Å². The molecule has 2 rings (SSSR count). The highest BCUT2D eigenvalue weighted by Gasteiger charge is 2.14. The van der Waals surface area contributed by atoms with Gasteiger partial charge < -0.3 is 9.84 Å². The predicted octanol–water partition coefficient (Wildman–Crippen LogP) is 2.16. The van der Waals surface area contributed by atoms with Gasteiger partial charge in [0.25, 0.3) is 0 Å². The van der Waals surface area contributed by atoms with Gasteiger partial charge in [-0.3, -0.25) is 4.68 Å². The smallest absolute Gasteiger partial charge is 0.137 e. The second kappa shape index (κ2) is 4.77. The Balaban J connectivity index is 2.34. The Morgan fingerprint density at radius 3 is 2.76 bits per heavy atom. The van der Waals surface area contributed by atoms with E-state index in [4.69, 9.17) is 16.3 Å². The van der Waals surface area contributed by atoms with Crippen LogP contribution < -0.4 is 4.74 Å². The molecule has 0 aliphatic carbocycles. The summed E-state index contributed by atoms with van der Waals surface area (Å²) in [7, 11) is 3.35. The molecule has 1 aromatic carbocycles. The van der Waals surface area contributed by atoms with E-state index in [-0.39, 0.29) is 0 Å². The van der Waals surface area contributed by atoms with Gasteiger partial charge in [0.05, 0.1) is 18.3 Å². The molecule has 0 aliphatic heterocycles. The average molecular weight is 253 g/mol. The van der Waals surface area contributed by atoms with Crippen LogP contribution in [-0.2, 0) is 7.05 Å². The number of halogens is 1. The molecule has 0 fully saturated rings. The van der Waals surface area contributed by atoms with Crippen molar-refractivity contribution >= 4 is 11.6 Å². The molecule has 1 atom stereocenters. The van der Waals surface area contributed by atoms with Crippen LogP contribution in [0.4, 0.5) is 0 Å². The van der Waals surface area contributed by atoms with Crippen molar-refractivity contribution in [2.24, 2.45) is 7.05 Å². The summed E-state index contributed by atoms with van der Waals surface area (Å²) in [6.07, 6.45) is 2.67. The maximum absolute atomic E-state index is 10.2. The SMILES string of the molecule is COc1cc(C(O)c2cnn(C)c2)ccc1Cl. The average Bonchev–Trinajstić information content (AvgIpc) is 2.75. The molecule has 1 N–H and O–H groups in total. The van der Waals surface area contributed by atoms with Crippen LogP contribution in [0.25, 0.3) is 0 Å². The lowest BCUT2D eigenvalue weighted by Gasteiger charge is -2.11. The van der Waals surface area contributed by atoms with E-state index in [0.717, 1.165) is 11.1 Å². The van der Waals surface area contributed by atoms with Gasteiger partial charge in [0.2, 0.25) is 0 Å². The maximum atomic E-state index is 10.2. The summed E-state index contributed by atoms with van der Waals surface area (Å²) < 4.78 is 6.76. The lowest BCUT2D eigenvalue weighted by molar-refractivity contribution is 0.219. The number of hydrogen-bond donors (Lipinski definition) is 1. The number of hydrogen-bond acceptors (Lipinski definition) is 3. The lowest BCUT2D eigenvalue weighted by atomic mass is 10.0. The van der Waals surface area contributed by atoms with Crippen LogP contribution in [0.1, 0.15) is 17.2 Å². The molecule has 1 unspecified atom stereocenters. The zero-order valence-corrected chi connectivity index (χ0v) is 10.3. The number of benzene rings is 1. The fourth-order valence-electron chi connectivity index (χ4n) is 1.62. The Bertz CT molecular complexity index is 525. The van der Waals surface area contributed by atoms with Gasteiger partial charge in [-0.1, -0.05) is 17.7 Å². The fraction of sp³-hybridized carbons (Fsp3) is 0.250. The molecule has 0 spiro atoms. The Morgan fingerprint density at radius 1 is 1.41 bits per heavy atom. The standard InChI is InChI=1S/C12H13ClN2O2/c1-15-7-9(6-14-15)12(16)8-3-4-10(13)11(5-8)17-2/h3-7,12,16H,1-2H3. The van der Waals surface area contributed by atoms with Crippen LogP contribution in [0.3, 0.4) is 0 Å². The summed E-state index contributed by atoms with van der Waals surface area (Å²) in [5, 5.41) is 14.7. The monoisotopic (exact) mass is 252 g/mol. The van der Waals surface area contributed by atoms with Gasteiger partial charge in [0.1, 0.15) is 11.9 Å². The number of methoxy groups -OCH3 is 1. The Morgan fingerprint density at radius 2 is 2.18 bits per heavy atom. The van der Waals surface area contributed by atoms with Crippen molar-refractivity contribution in [3.8, 4) is 5.75 Å². The van der Waals surface area contributed by atoms with Crippen molar-refractivity contribution in [2.75, 3.05) is 7.11 Å². The first-order valence-corrected chi connectivity index (χ1v) is 5.49. The number of aryl methyl sites for hydroxylation is 1. The highest BCUT2D eigenvalue weighted by atomic mass is 35.5. The highest BCUT2D eigenvalue weighted by molar-refractivity contribution is 6.32. The van der Waals surface area contributed by atoms with E-state index in [1.54, 1.807) is 49.4 Å². The van der Waals surface area contributed by atoms with E-state index in [2.05, 4.69) is 5.10 Å². The molecule has 2 aromatic rings. The molecule has 17 heavy (non-hydrogen) atoms. The number of ether oxygens (including phenoxy) is 1. The molecule has 0 bridgehead atoms. The largest absolute Gasteiger partial charge is 0.495 e. The topological polar surface area (TPSA) is 47.3 Å². The zero-order valence-electron chi connectivity index (χ0n) is 9.59. The summed E-state index contributed by atoms with van der Waals surface area (Å²) in [6.45, 7) is 0. The minimum atomic E-state index is -0.727. The summed E-state index contributed by atoms with van der Waals surface area (Å²) in [4.78, 5) is 0. The van der Waals surface area contributed by atoms with Gasteiger partial charge >= 0.3 is 0 Å². The third kappa shape index (κ3) is 2.43. The van der Waals surface area contributed by atoms with Gasteiger partial charge in [0.15, 0.2) is 0 Å². The number of aromatic nitrogens is 2. The second-order valence-electron chi connectivity index (χ2n) is 3.74. The molecular formula is C12H13ClN2O2. The molecule has 0 saturated carbocycles. The van der Waals surface area contributed by atoms with Crippen LogP contribution in [0.2, 0.25) is 5.02 Å². The van der Waals surface area contributed by atoms with Crippen molar-refractivity contribution in [1.29, 1.82) is 0 Å². The molecule has 1 heterocycles. The van der Waals surface area contributed by atoms with Crippen molar-refractivity contribution in [2.45, 2.75) is 6.10 Å². The fourth-order valence-corrected chi connectivity index (χ4v) is 1.81. The molecule has 4 nitrogen and oxygen atoms in total. The lowest BCUT2D eigenvalue weighted by Crippen LogP contribution is -1.99. The van der Waals surface area contributed by atoms with E-state index in [9.17, 15) is 5.11 Å². The highest BCUT2D eigenvalue weighted by Crippen LogP contribution is 2.30. The van der Waals surface area contributed by atoms with Gasteiger partial charge in [-0.25, -0.2) is 0 Å². The van der Waals surface area contributed by atoms with Crippen molar-refractivity contribution in [3.05, 3.63) is 46.7 Å². The molecule has 0 amide bonds. The van der Waals surface area contributed by atoms with Crippen LogP contribution in [0, 0.1) is 0 Å². The normalized spacial score (nSPS) is 12.5. The second-order valence-corrected chi connectivity index (χ2v) is 4.15. The molecule has 5 heteroatoms. The Labute approximate surface area is 104 Å². The molecule has 90 valence electrons. The zero-order chi connectivity index (χ0) is 12.4. The summed E-state index contributed by atoms with van der Waals surface area (Å²) in [6, 6.07) is 5.19. The summed E-state index contributed by atoms with van der Waals surface area (Å²) in [5.41, 5.74) is 1.45. The first kappa shape index (κ1) is 12.0. The molecule has 0 aliphatic rings. The van der Waals surface area contributed by atoms with Gasteiger partial charge in [-0.2, -0.15) is 5.10 Å². The van der Waals surface area contributed by atoms with Gasteiger partial charge in [-0.15, -0.1) is 0 Å². The number of nitrogens with zero attached hydrogens (tertiary/aromatic N) is 2. The van der Waals surface area contributed by atoms with Crippen molar-refractivity contribution in [3.63, 3.8) is 0 Å². The number of aliphatic hydroxyl groups excluding tert-OH is 1. The minimum Gasteiger partial charge on any atom is -0.495 e. The number of rotatable bonds is 3. The number of aliphatic hydroxyl groups is 1. The maximum Gasteiger partial charge on any atom is 0.137 e. The Hall–Kier alpha value is -1.52. The third-order valence-electron chi connectivity index (χ3n) is 2.53. The van der Waals surface area contributed by atoms with E-state index in [1.165, 1.54) is 0 Å². The molecule has 0 saturated heterocycles. The molecular weight excluding hydrogens is 240 g/mol. The first-order chi connectivity index (χ1) is 8.11. The van der Waals surface area contributed by atoms with Crippen molar-refractivity contribution in [1.82, 2.24) is 9.78 Å². The van der Waals surface area contributed by atoms with Crippen LogP contribution >= 0.6 is 11.6 Å². The van der Waals surface area contributed by atoms with E-state index >= 15 is 0 Å². The quantitative estimate of drug-likeness (QED) is 0.911. The van der Waals surface area contributed by atoms with Crippen LogP contribution in [-0.4, -0.2) is 22.0 Å². The van der Waals surface area contributed by atoms with Gasteiger partial charge in [0, 0.05) is 18.8 Å². The Kier molecular flexibility index (Phi) is 3.36. The van der Waals surface area contributed by atoms with Gasteiger partial charge in [-0.05, 0) is 17.7 Å².